The number of amides is 1. The number of aryl methyl sites for hydroxylation is 2. The smallest absolute Gasteiger partial charge is 0.290 e. The Hall–Kier alpha value is -2.53. The van der Waals surface area contributed by atoms with E-state index in [2.05, 4.69) is 0 Å². The Labute approximate surface area is 134 Å². The van der Waals surface area contributed by atoms with Crippen LogP contribution < -0.4 is 0 Å². The molecule has 0 radical (unpaired) electrons. The van der Waals surface area contributed by atoms with E-state index in [1.807, 2.05) is 44.2 Å². The molecule has 0 aliphatic heterocycles. The number of aliphatic hydroxyl groups is 1. The first-order valence-corrected chi connectivity index (χ1v) is 7.53. The molecular formula is C18H19NO4. The third kappa shape index (κ3) is 3.14. The largest absolute Gasteiger partial charge is 0.464 e. The second kappa shape index (κ2) is 6.30. The van der Waals surface area contributed by atoms with Gasteiger partial charge in [0.1, 0.15) is 17.1 Å². The quantitative estimate of drug-likeness (QED) is 0.785. The van der Waals surface area contributed by atoms with Gasteiger partial charge in [0, 0.05) is 11.9 Å². The minimum absolute atomic E-state index is 0.120. The normalized spacial score (nSPS) is 11.1. The predicted molar refractivity (Wildman–Crippen MR) is 86.2 cm³/mol. The Morgan fingerprint density at radius 3 is 2.65 bits per heavy atom. The zero-order valence-electron chi connectivity index (χ0n) is 13.2. The second-order valence-corrected chi connectivity index (χ2v) is 5.56. The molecule has 0 saturated carbocycles. The molecule has 23 heavy (non-hydrogen) atoms. The molecule has 0 unspecified atom stereocenters. The fraction of sp³-hybridized carbons (Fsp3) is 0.278. The molecule has 5 heteroatoms. The maximum Gasteiger partial charge on any atom is 0.290 e. The van der Waals surface area contributed by atoms with E-state index >= 15 is 0 Å². The number of aliphatic hydroxyl groups excluding tert-OH is 1. The molecular weight excluding hydrogens is 294 g/mol. The van der Waals surface area contributed by atoms with Crippen molar-refractivity contribution in [3.63, 3.8) is 0 Å². The summed E-state index contributed by atoms with van der Waals surface area (Å²) in [7, 11) is 0. The lowest BCUT2D eigenvalue weighted by Crippen LogP contribution is -2.32. The van der Waals surface area contributed by atoms with E-state index in [1.165, 1.54) is 4.90 Å². The summed E-state index contributed by atoms with van der Waals surface area (Å²) in [6.07, 6.45) is 0. The number of benzene rings is 1. The van der Waals surface area contributed by atoms with Crippen LogP contribution in [0.4, 0.5) is 0 Å². The standard InChI is InChI=1S/C18H19NO4/c1-12-4-3-5-16-15(12)10-17(23-16)18(21)19(8-9-20)11-14-7-6-13(2)22-14/h3-7,10,20H,8-9,11H2,1-2H3. The van der Waals surface area contributed by atoms with E-state index in [-0.39, 0.29) is 24.8 Å². The van der Waals surface area contributed by atoms with Crippen molar-refractivity contribution in [3.05, 3.63) is 59.2 Å². The molecule has 5 nitrogen and oxygen atoms in total. The van der Waals surface area contributed by atoms with Crippen LogP contribution in [0.2, 0.25) is 0 Å². The monoisotopic (exact) mass is 313 g/mol. The summed E-state index contributed by atoms with van der Waals surface area (Å²) in [6.45, 7) is 4.22. The molecule has 1 amide bonds. The van der Waals surface area contributed by atoms with Gasteiger partial charge in [-0.2, -0.15) is 0 Å². The SMILES string of the molecule is Cc1ccc(CN(CCO)C(=O)c2cc3c(C)cccc3o2)o1. The van der Waals surface area contributed by atoms with Crippen molar-refractivity contribution in [3.8, 4) is 0 Å². The molecule has 0 saturated heterocycles. The molecule has 2 heterocycles. The zero-order chi connectivity index (χ0) is 16.4. The van der Waals surface area contributed by atoms with Gasteiger partial charge in [0.2, 0.25) is 0 Å². The van der Waals surface area contributed by atoms with Crippen molar-refractivity contribution >= 4 is 16.9 Å². The fourth-order valence-corrected chi connectivity index (χ4v) is 2.60. The lowest BCUT2D eigenvalue weighted by molar-refractivity contribution is 0.0665. The Balaban J connectivity index is 1.88. The van der Waals surface area contributed by atoms with Crippen molar-refractivity contribution in [1.29, 1.82) is 0 Å². The fourth-order valence-electron chi connectivity index (χ4n) is 2.60. The van der Waals surface area contributed by atoms with E-state index in [0.29, 0.717) is 17.9 Å². The van der Waals surface area contributed by atoms with Crippen LogP contribution in [0.3, 0.4) is 0 Å². The number of carbonyl (C=O) groups is 1. The molecule has 0 fully saturated rings. The Morgan fingerprint density at radius 2 is 2.00 bits per heavy atom. The van der Waals surface area contributed by atoms with Gasteiger partial charge in [0.05, 0.1) is 13.2 Å². The zero-order valence-corrected chi connectivity index (χ0v) is 13.2. The summed E-state index contributed by atoms with van der Waals surface area (Å²) in [5.41, 5.74) is 1.74. The summed E-state index contributed by atoms with van der Waals surface area (Å²) in [6, 6.07) is 11.1. The van der Waals surface area contributed by atoms with Crippen LogP contribution in [0.15, 0.2) is 45.2 Å². The highest BCUT2D eigenvalue weighted by molar-refractivity contribution is 5.96. The predicted octanol–water partition coefficient (Wildman–Crippen LogP) is 3.28. The molecule has 0 aliphatic rings. The number of hydrogen-bond donors (Lipinski definition) is 1. The van der Waals surface area contributed by atoms with Crippen molar-refractivity contribution in [2.45, 2.75) is 20.4 Å². The average molecular weight is 313 g/mol. The first kappa shape index (κ1) is 15.4. The van der Waals surface area contributed by atoms with E-state index in [4.69, 9.17) is 8.83 Å². The molecule has 0 bridgehead atoms. The Kier molecular flexibility index (Phi) is 4.21. The van der Waals surface area contributed by atoms with Crippen LogP contribution >= 0.6 is 0 Å². The second-order valence-electron chi connectivity index (χ2n) is 5.56. The van der Waals surface area contributed by atoms with Gasteiger partial charge in [-0.15, -0.1) is 0 Å². The Morgan fingerprint density at radius 1 is 1.17 bits per heavy atom. The van der Waals surface area contributed by atoms with Crippen LogP contribution in [0.5, 0.6) is 0 Å². The molecule has 0 atom stereocenters. The molecule has 0 aliphatic carbocycles. The summed E-state index contributed by atoms with van der Waals surface area (Å²) < 4.78 is 11.2. The molecule has 1 aromatic carbocycles. The maximum absolute atomic E-state index is 12.7. The number of furan rings is 2. The minimum atomic E-state index is -0.260. The van der Waals surface area contributed by atoms with Gasteiger partial charge in [-0.3, -0.25) is 4.79 Å². The number of rotatable bonds is 5. The van der Waals surface area contributed by atoms with E-state index in [1.54, 1.807) is 6.07 Å². The molecule has 0 spiro atoms. The van der Waals surface area contributed by atoms with Crippen LogP contribution in [-0.2, 0) is 6.54 Å². The number of carbonyl (C=O) groups excluding carboxylic acids is 1. The third-order valence-electron chi connectivity index (χ3n) is 3.79. The van der Waals surface area contributed by atoms with Gasteiger partial charge in [-0.1, -0.05) is 12.1 Å². The first-order valence-electron chi connectivity index (χ1n) is 7.53. The lowest BCUT2D eigenvalue weighted by atomic mass is 10.1. The van der Waals surface area contributed by atoms with Crippen molar-refractivity contribution in [2.75, 3.05) is 13.2 Å². The van der Waals surface area contributed by atoms with Crippen molar-refractivity contribution in [1.82, 2.24) is 4.90 Å². The summed E-state index contributed by atoms with van der Waals surface area (Å²) in [5.74, 6) is 1.47. The first-order chi connectivity index (χ1) is 11.1. The summed E-state index contributed by atoms with van der Waals surface area (Å²) >= 11 is 0. The molecule has 1 N–H and O–H groups in total. The van der Waals surface area contributed by atoms with Crippen molar-refractivity contribution < 1.29 is 18.7 Å². The van der Waals surface area contributed by atoms with Gasteiger partial charge in [0.25, 0.3) is 5.91 Å². The number of fused-ring (bicyclic) bond motifs is 1. The molecule has 120 valence electrons. The highest BCUT2D eigenvalue weighted by atomic mass is 16.4. The van der Waals surface area contributed by atoms with Gasteiger partial charge in [0.15, 0.2) is 5.76 Å². The van der Waals surface area contributed by atoms with Gasteiger partial charge >= 0.3 is 0 Å². The van der Waals surface area contributed by atoms with E-state index < -0.39 is 0 Å². The highest BCUT2D eigenvalue weighted by Crippen LogP contribution is 2.24. The van der Waals surface area contributed by atoms with Crippen LogP contribution in [0.1, 0.15) is 27.6 Å². The van der Waals surface area contributed by atoms with Crippen molar-refractivity contribution in [2.24, 2.45) is 0 Å². The number of nitrogens with zero attached hydrogens (tertiary/aromatic N) is 1. The van der Waals surface area contributed by atoms with Crippen LogP contribution in [0.25, 0.3) is 11.0 Å². The van der Waals surface area contributed by atoms with Gasteiger partial charge in [-0.05, 0) is 43.7 Å². The average Bonchev–Trinajstić information content (AvgIpc) is 3.13. The third-order valence-corrected chi connectivity index (χ3v) is 3.79. The Bertz CT molecular complexity index is 831. The molecule has 3 rings (SSSR count). The highest BCUT2D eigenvalue weighted by Gasteiger charge is 2.21. The number of hydrogen-bond acceptors (Lipinski definition) is 4. The maximum atomic E-state index is 12.7. The van der Waals surface area contributed by atoms with Gasteiger partial charge in [-0.25, -0.2) is 0 Å². The van der Waals surface area contributed by atoms with E-state index in [0.717, 1.165) is 16.7 Å². The van der Waals surface area contributed by atoms with Crippen LogP contribution in [-0.4, -0.2) is 29.1 Å². The molecule has 2 aromatic heterocycles. The minimum Gasteiger partial charge on any atom is -0.464 e. The lowest BCUT2D eigenvalue weighted by Gasteiger charge is -2.19. The van der Waals surface area contributed by atoms with E-state index in [9.17, 15) is 9.90 Å². The summed E-state index contributed by atoms with van der Waals surface area (Å²) in [5, 5.41) is 10.2. The van der Waals surface area contributed by atoms with Gasteiger partial charge < -0.3 is 18.8 Å². The topological polar surface area (TPSA) is 66.8 Å². The summed E-state index contributed by atoms with van der Waals surface area (Å²) in [4.78, 5) is 14.2. The van der Waals surface area contributed by atoms with Crippen LogP contribution in [0, 0.1) is 13.8 Å². The molecule has 3 aromatic rings.